The second-order valence-corrected chi connectivity index (χ2v) is 5.04. The fourth-order valence-electron chi connectivity index (χ4n) is 2.19. The van der Waals surface area contributed by atoms with Gasteiger partial charge < -0.3 is 10.2 Å². The van der Waals surface area contributed by atoms with Crippen LogP contribution in [0, 0.1) is 0 Å². The quantitative estimate of drug-likeness (QED) is 0.608. The topological polar surface area (TPSA) is 69.3 Å². The Kier molecular flexibility index (Phi) is 2.20. The highest BCUT2D eigenvalue weighted by atomic mass is 32.1. The van der Waals surface area contributed by atoms with Gasteiger partial charge in [-0.2, -0.15) is 0 Å². The number of furan rings is 1. The number of fused-ring (bicyclic) bond motifs is 2. The lowest BCUT2D eigenvalue weighted by atomic mass is 10.2. The van der Waals surface area contributed by atoms with E-state index in [0.29, 0.717) is 6.54 Å². The minimum absolute atomic E-state index is 0.352. The van der Waals surface area contributed by atoms with Gasteiger partial charge in [-0.3, -0.25) is 4.40 Å². The molecule has 5 nitrogen and oxygen atoms in total. The van der Waals surface area contributed by atoms with Gasteiger partial charge in [0.15, 0.2) is 11.6 Å². The van der Waals surface area contributed by atoms with Gasteiger partial charge in [0.05, 0.1) is 6.54 Å². The molecule has 6 heteroatoms. The van der Waals surface area contributed by atoms with Crippen molar-refractivity contribution in [3.8, 4) is 11.5 Å². The summed E-state index contributed by atoms with van der Waals surface area (Å²) in [7, 11) is 0. The molecule has 2 N–H and O–H groups in total. The summed E-state index contributed by atoms with van der Waals surface area (Å²) in [6.45, 7) is 0.352. The van der Waals surface area contributed by atoms with Crippen molar-refractivity contribution < 1.29 is 4.42 Å². The summed E-state index contributed by atoms with van der Waals surface area (Å²) < 4.78 is 7.83. The second kappa shape index (κ2) is 3.91. The van der Waals surface area contributed by atoms with Crippen LogP contribution < -0.4 is 5.73 Å². The molecule has 0 atom stereocenters. The lowest BCUT2D eigenvalue weighted by molar-refractivity contribution is 0.627. The highest BCUT2D eigenvalue weighted by Crippen LogP contribution is 2.31. The molecule has 0 bridgehead atoms. The number of rotatable bonds is 2. The second-order valence-electron chi connectivity index (χ2n) is 4.21. The van der Waals surface area contributed by atoms with Crippen molar-refractivity contribution in [3.63, 3.8) is 0 Å². The van der Waals surface area contributed by atoms with Crippen molar-refractivity contribution in [1.29, 1.82) is 0 Å². The van der Waals surface area contributed by atoms with Gasteiger partial charge in [0.25, 0.3) is 0 Å². The van der Waals surface area contributed by atoms with Crippen LogP contribution in [0.25, 0.3) is 27.4 Å². The average molecular weight is 270 g/mol. The minimum Gasteiger partial charge on any atom is -0.454 e. The van der Waals surface area contributed by atoms with Crippen molar-refractivity contribution in [3.05, 3.63) is 41.5 Å². The minimum atomic E-state index is 0.352. The average Bonchev–Trinajstić information content (AvgIpc) is 3.11. The number of nitrogens with two attached hydrogens (primary N) is 1. The SMILES string of the molecule is NCc1nnc2scc(-c3cc4ccccc4o3)n12. The number of thiazole rings is 1. The molecule has 0 radical (unpaired) electrons. The predicted molar refractivity (Wildman–Crippen MR) is 74.0 cm³/mol. The highest BCUT2D eigenvalue weighted by Gasteiger charge is 2.15. The molecule has 0 spiro atoms. The van der Waals surface area contributed by atoms with Gasteiger partial charge in [0, 0.05) is 10.8 Å². The molecule has 0 amide bonds. The number of nitrogens with zero attached hydrogens (tertiary/aromatic N) is 3. The van der Waals surface area contributed by atoms with Crippen LogP contribution in [0.1, 0.15) is 5.82 Å². The first-order valence-electron chi connectivity index (χ1n) is 5.87. The van der Waals surface area contributed by atoms with Crippen molar-refractivity contribution in [1.82, 2.24) is 14.6 Å². The summed E-state index contributed by atoms with van der Waals surface area (Å²) in [5.41, 5.74) is 7.51. The van der Waals surface area contributed by atoms with Gasteiger partial charge in [-0.25, -0.2) is 0 Å². The van der Waals surface area contributed by atoms with Gasteiger partial charge in [-0.1, -0.05) is 18.2 Å². The fraction of sp³-hybridized carbons (Fsp3) is 0.0769. The monoisotopic (exact) mass is 270 g/mol. The van der Waals surface area contributed by atoms with Gasteiger partial charge >= 0.3 is 0 Å². The van der Waals surface area contributed by atoms with Crippen molar-refractivity contribution in [2.45, 2.75) is 6.54 Å². The van der Waals surface area contributed by atoms with E-state index in [1.807, 2.05) is 40.1 Å². The van der Waals surface area contributed by atoms with E-state index in [1.165, 1.54) is 11.3 Å². The first kappa shape index (κ1) is 10.7. The molecule has 4 aromatic rings. The van der Waals surface area contributed by atoms with Crippen LogP contribution in [-0.2, 0) is 6.54 Å². The lowest BCUT2D eigenvalue weighted by Crippen LogP contribution is -2.02. The Morgan fingerprint density at radius 3 is 3.00 bits per heavy atom. The molecule has 0 fully saturated rings. The summed E-state index contributed by atoms with van der Waals surface area (Å²) in [6, 6.07) is 9.97. The first-order chi connectivity index (χ1) is 9.36. The van der Waals surface area contributed by atoms with Gasteiger partial charge in [-0.05, 0) is 12.1 Å². The summed E-state index contributed by atoms with van der Waals surface area (Å²) >= 11 is 1.53. The Hall–Kier alpha value is -2.18. The molecule has 0 aliphatic carbocycles. The van der Waals surface area contributed by atoms with E-state index < -0.39 is 0 Å². The number of para-hydroxylation sites is 1. The van der Waals surface area contributed by atoms with E-state index in [1.54, 1.807) is 0 Å². The smallest absolute Gasteiger partial charge is 0.216 e. The third-order valence-electron chi connectivity index (χ3n) is 3.08. The van der Waals surface area contributed by atoms with Crippen molar-refractivity contribution in [2.24, 2.45) is 5.73 Å². The molecule has 19 heavy (non-hydrogen) atoms. The van der Waals surface area contributed by atoms with Gasteiger partial charge in [0.1, 0.15) is 11.3 Å². The Morgan fingerprint density at radius 1 is 1.26 bits per heavy atom. The summed E-state index contributed by atoms with van der Waals surface area (Å²) in [5.74, 6) is 1.55. The molecule has 0 saturated heterocycles. The zero-order chi connectivity index (χ0) is 12.8. The van der Waals surface area contributed by atoms with Crippen LogP contribution >= 0.6 is 11.3 Å². The summed E-state index contributed by atoms with van der Waals surface area (Å²) in [6.07, 6.45) is 0. The zero-order valence-electron chi connectivity index (χ0n) is 9.91. The molecular formula is C13H10N4OS. The molecule has 0 unspecified atom stereocenters. The van der Waals surface area contributed by atoms with Crippen molar-refractivity contribution in [2.75, 3.05) is 0 Å². The van der Waals surface area contributed by atoms with Gasteiger partial charge in [0.2, 0.25) is 4.96 Å². The molecule has 0 aliphatic rings. The number of aromatic nitrogens is 3. The molecule has 4 rings (SSSR count). The predicted octanol–water partition coefficient (Wildman–Crippen LogP) is 2.66. The maximum absolute atomic E-state index is 5.88. The van der Waals surface area contributed by atoms with E-state index in [2.05, 4.69) is 10.2 Å². The molecule has 94 valence electrons. The van der Waals surface area contributed by atoms with Gasteiger partial charge in [-0.15, -0.1) is 21.5 Å². The maximum Gasteiger partial charge on any atom is 0.216 e. The molecule has 1 aromatic carbocycles. The Morgan fingerprint density at radius 2 is 2.16 bits per heavy atom. The summed E-state index contributed by atoms with van der Waals surface area (Å²) in [4.78, 5) is 0.830. The Labute approximate surface area is 112 Å². The third kappa shape index (κ3) is 1.50. The van der Waals surface area contributed by atoms with Crippen LogP contribution in [-0.4, -0.2) is 14.6 Å². The van der Waals surface area contributed by atoms with E-state index in [0.717, 1.165) is 33.2 Å². The maximum atomic E-state index is 5.88. The number of hydrogen-bond acceptors (Lipinski definition) is 5. The zero-order valence-corrected chi connectivity index (χ0v) is 10.7. The Bertz CT molecular complexity index is 840. The fourth-order valence-corrected chi connectivity index (χ4v) is 3.02. The molecular weight excluding hydrogens is 260 g/mol. The first-order valence-corrected chi connectivity index (χ1v) is 6.75. The van der Waals surface area contributed by atoms with Crippen molar-refractivity contribution >= 4 is 27.3 Å². The van der Waals surface area contributed by atoms with Crippen LogP contribution in [0.15, 0.2) is 40.1 Å². The van der Waals surface area contributed by atoms with Crippen LogP contribution in [0.2, 0.25) is 0 Å². The van der Waals surface area contributed by atoms with Crippen LogP contribution in [0.4, 0.5) is 0 Å². The van der Waals surface area contributed by atoms with Crippen LogP contribution in [0.3, 0.4) is 0 Å². The molecule has 0 saturated carbocycles. The van der Waals surface area contributed by atoms with E-state index in [-0.39, 0.29) is 0 Å². The molecule has 3 heterocycles. The third-order valence-corrected chi connectivity index (χ3v) is 3.89. The van der Waals surface area contributed by atoms with E-state index >= 15 is 0 Å². The normalized spacial score (nSPS) is 11.6. The highest BCUT2D eigenvalue weighted by molar-refractivity contribution is 7.15. The number of hydrogen-bond donors (Lipinski definition) is 1. The summed E-state index contributed by atoms with van der Waals surface area (Å²) in [5, 5.41) is 11.3. The lowest BCUT2D eigenvalue weighted by Gasteiger charge is -1.96. The van der Waals surface area contributed by atoms with E-state index in [9.17, 15) is 0 Å². The molecule has 0 aliphatic heterocycles. The van der Waals surface area contributed by atoms with E-state index in [4.69, 9.17) is 10.2 Å². The number of benzene rings is 1. The Balaban J connectivity index is 2.00. The van der Waals surface area contributed by atoms with Crippen LogP contribution in [0.5, 0.6) is 0 Å². The molecule has 3 aromatic heterocycles. The largest absolute Gasteiger partial charge is 0.454 e. The standard InChI is InChI=1S/C13H10N4OS/c14-6-12-15-16-13-17(12)9(7-19-13)11-5-8-3-1-2-4-10(8)18-11/h1-5,7H,6,14H2.